The van der Waals surface area contributed by atoms with Crippen LogP contribution in [0.5, 0.6) is 0 Å². The fourth-order valence-electron chi connectivity index (χ4n) is 4.48. The van der Waals surface area contributed by atoms with Gasteiger partial charge in [0.1, 0.15) is 6.04 Å². The minimum atomic E-state index is -5.33. The second-order valence-electron chi connectivity index (χ2n) is 9.19. The van der Waals surface area contributed by atoms with Crippen LogP contribution in [0.25, 0.3) is 0 Å². The number of carbonyl (C=O) groups is 5. The van der Waals surface area contributed by atoms with Crippen molar-refractivity contribution in [2.24, 2.45) is 5.92 Å². The van der Waals surface area contributed by atoms with E-state index in [2.05, 4.69) is 21.3 Å². The molecule has 0 aromatic rings. The van der Waals surface area contributed by atoms with E-state index in [1.807, 2.05) is 0 Å². The SMILES string of the molecule is C#CC[C@H]1CC(F)(F)C[C@@H](C(=O)N[C@H](/C=C(\F)C(=O)OCC)C[C@@H]2CCNC2=O)N1C(=O)CNC(=O)C(F)(F)F. The molecule has 4 atom stereocenters. The largest absolute Gasteiger partial charge is 0.471 e. The average molecular weight is 582 g/mol. The Kier molecular flexibility index (Phi) is 11.0. The first-order valence-corrected chi connectivity index (χ1v) is 12.2. The lowest BCUT2D eigenvalue weighted by Crippen LogP contribution is -2.62. The summed E-state index contributed by atoms with van der Waals surface area (Å²) in [5.74, 6) is -10.5. The highest BCUT2D eigenvalue weighted by atomic mass is 19.4. The van der Waals surface area contributed by atoms with Gasteiger partial charge in [-0.2, -0.15) is 17.6 Å². The maximum atomic E-state index is 14.6. The van der Waals surface area contributed by atoms with E-state index in [0.717, 1.165) is 0 Å². The zero-order valence-electron chi connectivity index (χ0n) is 21.3. The van der Waals surface area contributed by atoms with Crippen LogP contribution >= 0.6 is 0 Å². The zero-order chi connectivity index (χ0) is 30.3. The summed E-state index contributed by atoms with van der Waals surface area (Å²) in [6.45, 7) is 0.227. The highest BCUT2D eigenvalue weighted by molar-refractivity contribution is 5.92. The fraction of sp³-hybridized carbons (Fsp3) is 0.625. The van der Waals surface area contributed by atoms with E-state index in [0.29, 0.717) is 11.0 Å². The number of halogens is 6. The number of likely N-dealkylation sites (tertiary alicyclic amines) is 1. The molecule has 4 amide bonds. The number of rotatable bonds is 10. The van der Waals surface area contributed by atoms with Crippen molar-refractivity contribution in [3.63, 3.8) is 0 Å². The number of nitrogens with zero attached hydrogens (tertiary/aromatic N) is 1. The molecule has 2 heterocycles. The van der Waals surface area contributed by atoms with Crippen LogP contribution in [-0.2, 0) is 28.7 Å². The topological polar surface area (TPSA) is 134 Å². The van der Waals surface area contributed by atoms with Crippen molar-refractivity contribution >= 4 is 29.6 Å². The lowest BCUT2D eigenvalue weighted by molar-refractivity contribution is -0.174. The van der Waals surface area contributed by atoms with Crippen molar-refractivity contribution in [2.45, 2.75) is 69.3 Å². The Morgan fingerprint density at radius 1 is 1.27 bits per heavy atom. The number of amides is 4. The van der Waals surface area contributed by atoms with Gasteiger partial charge in [-0.05, 0) is 25.8 Å². The third-order valence-electron chi connectivity index (χ3n) is 6.20. The predicted molar refractivity (Wildman–Crippen MR) is 125 cm³/mol. The lowest BCUT2D eigenvalue weighted by atomic mass is 9.89. The number of ether oxygens (including phenoxy) is 1. The van der Waals surface area contributed by atoms with Crippen LogP contribution in [0, 0.1) is 18.3 Å². The normalized spacial score (nSPS) is 23.4. The summed E-state index contributed by atoms with van der Waals surface area (Å²) < 4.78 is 85.9. The van der Waals surface area contributed by atoms with Gasteiger partial charge in [-0.3, -0.25) is 19.2 Å². The van der Waals surface area contributed by atoms with E-state index in [1.54, 1.807) is 0 Å². The molecule has 0 spiro atoms. The Balaban J connectivity index is 2.37. The number of hydrogen-bond donors (Lipinski definition) is 3. The molecule has 0 aromatic carbocycles. The number of nitrogens with one attached hydrogen (secondary N) is 3. The van der Waals surface area contributed by atoms with E-state index >= 15 is 0 Å². The summed E-state index contributed by atoms with van der Waals surface area (Å²) in [5.41, 5.74) is 0. The van der Waals surface area contributed by atoms with Gasteiger partial charge in [-0.25, -0.2) is 13.6 Å². The highest BCUT2D eigenvalue weighted by Gasteiger charge is 2.50. The van der Waals surface area contributed by atoms with Gasteiger partial charge in [-0.1, -0.05) is 0 Å². The second kappa shape index (κ2) is 13.5. The van der Waals surface area contributed by atoms with E-state index in [-0.39, 0.29) is 26.0 Å². The summed E-state index contributed by atoms with van der Waals surface area (Å²) in [6.07, 6.45) is -2.22. The van der Waals surface area contributed by atoms with Crippen molar-refractivity contribution in [2.75, 3.05) is 19.7 Å². The van der Waals surface area contributed by atoms with Gasteiger partial charge in [0.2, 0.25) is 23.5 Å². The lowest BCUT2D eigenvalue weighted by Gasteiger charge is -2.44. The molecule has 2 aliphatic heterocycles. The van der Waals surface area contributed by atoms with Crippen LogP contribution in [0.4, 0.5) is 26.3 Å². The molecule has 2 rings (SSSR count). The van der Waals surface area contributed by atoms with Crippen LogP contribution in [0.3, 0.4) is 0 Å². The molecule has 2 saturated heterocycles. The van der Waals surface area contributed by atoms with E-state index in [4.69, 9.17) is 6.42 Å². The molecule has 2 fully saturated rings. The quantitative estimate of drug-likeness (QED) is 0.153. The van der Waals surface area contributed by atoms with Crippen LogP contribution in [0.1, 0.15) is 39.0 Å². The maximum absolute atomic E-state index is 14.6. The molecule has 2 aliphatic rings. The molecule has 222 valence electrons. The van der Waals surface area contributed by atoms with Gasteiger partial charge >= 0.3 is 18.1 Å². The first-order valence-electron chi connectivity index (χ1n) is 12.2. The molecular weight excluding hydrogens is 554 g/mol. The first kappa shape index (κ1) is 32.4. The number of alkyl halides is 5. The molecule has 3 N–H and O–H groups in total. The third-order valence-corrected chi connectivity index (χ3v) is 6.20. The van der Waals surface area contributed by atoms with Crippen LogP contribution in [0.15, 0.2) is 11.9 Å². The molecule has 10 nitrogen and oxygen atoms in total. The van der Waals surface area contributed by atoms with E-state index in [1.165, 1.54) is 12.2 Å². The molecule has 0 bridgehead atoms. The Hall–Kier alpha value is -3.77. The van der Waals surface area contributed by atoms with Crippen LogP contribution in [-0.4, -0.2) is 84.4 Å². The molecule has 0 aromatic heterocycles. The number of esters is 1. The molecule has 0 saturated carbocycles. The maximum Gasteiger partial charge on any atom is 0.471 e. The first-order chi connectivity index (χ1) is 18.6. The van der Waals surface area contributed by atoms with Crippen LogP contribution in [0.2, 0.25) is 0 Å². The van der Waals surface area contributed by atoms with Crippen LogP contribution < -0.4 is 16.0 Å². The number of terminal acetylenes is 1. The van der Waals surface area contributed by atoms with Gasteiger partial charge < -0.3 is 25.6 Å². The van der Waals surface area contributed by atoms with E-state index < -0.39 is 97.4 Å². The molecular formula is C24H28F6N4O6. The molecule has 16 heteroatoms. The average Bonchev–Trinajstić information content (AvgIpc) is 3.25. The number of hydrogen-bond acceptors (Lipinski definition) is 6. The van der Waals surface area contributed by atoms with Gasteiger partial charge in [0.05, 0.1) is 19.2 Å². The summed E-state index contributed by atoms with van der Waals surface area (Å²) in [4.78, 5) is 61.7. The van der Waals surface area contributed by atoms with Crippen molar-refractivity contribution in [3.8, 4) is 12.3 Å². The van der Waals surface area contributed by atoms with E-state index in [9.17, 15) is 50.3 Å². The van der Waals surface area contributed by atoms with Crippen molar-refractivity contribution in [1.82, 2.24) is 20.9 Å². The highest BCUT2D eigenvalue weighted by Crippen LogP contribution is 2.37. The molecule has 0 unspecified atom stereocenters. The van der Waals surface area contributed by atoms with Crippen molar-refractivity contribution in [1.29, 1.82) is 0 Å². The second-order valence-corrected chi connectivity index (χ2v) is 9.19. The van der Waals surface area contributed by atoms with Gasteiger partial charge in [-0.15, -0.1) is 12.3 Å². The Labute approximate surface area is 225 Å². The summed E-state index contributed by atoms with van der Waals surface area (Å²) in [7, 11) is 0. The minimum Gasteiger partial charge on any atom is -0.461 e. The molecule has 0 aliphatic carbocycles. The summed E-state index contributed by atoms with van der Waals surface area (Å²) in [6, 6.07) is -4.91. The molecule has 0 radical (unpaired) electrons. The Bertz CT molecular complexity index is 1070. The number of carbonyl (C=O) groups excluding carboxylic acids is 5. The van der Waals surface area contributed by atoms with Gasteiger partial charge in [0.25, 0.3) is 5.92 Å². The van der Waals surface area contributed by atoms with Gasteiger partial charge in [0.15, 0.2) is 0 Å². The third kappa shape index (κ3) is 8.88. The monoisotopic (exact) mass is 582 g/mol. The Morgan fingerprint density at radius 2 is 1.95 bits per heavy atom. The van der Waals surface area contributed by atoms with Crippen molar-refractivity contribution in [3.05, 3.63) is 11.9 Å². The minimum absolute atomic E-state index is 0.183. The van der Waals surface area contributed by atoms with Crippen molar-refractivity contribution < 1.29 is 55.1 Å². The summed E-state index contributed by atoms with van der Waals surface area (Å²) in [5, 5.41) is 6.10. The summed E-state index contributed by atoms with van der Waals surface area (Å²) >= 11 is 0. The Morgan fingerprint density at radius 3 is 2.50 bits per heavy atom. The van der Waals surface area contributed by atoms with Gasteiger partial charge in [0, 0.05) is 37.8 Å². The molecule has 40 heavy (non-hydrogen) atoms. The predicted octanol–water partition coefficient (Wildman–Crippen LogP) is 1.11. The standard InChI is InChI=1S/C24H28F6N4O6/c1-3-5-15-10-23(26,27)11-17(34(15)18(35)12-32-22(39)24(28,29)30)20(37)33-14(8-13-6-7-31-19(13)36)9-16(25)21(38)40-4-2/h1,9,13-15,17H,4-8,10-12H2,2H3,(H,31,36)(H,32,39)(H,33,37)/b16-9-/t13-,14-,15-,17-/m0/s1. The smallest absolute Gasteiger partial charge is 0.461 e. The fourth-order valence-corrected chi connectivity index (χ4v) is 4.48. The zero-order valence-corrected chi connectivity index (χ0v) is 21.3. The number of piperidine rings is 1.